The van der Waals surface area contributed by atoms with Crippen LogP contribution in [0.5, 0.6) is 0 Å². The van der Waals surface area contributed by atoms with Gasteiger partial charge in [-0.3, -0.25) is 0 Å². The summed E-state index contributed by atoms with van der Waals surface area (Å²) in [5, 5.41) is 5.68. The van der Waals surface area contributed by atoms with Crippen molar-refractivity contribution in [2.24, 2.45) is 5.92 Å². The first-order valence-electron chi connectivity index (χ1n) is 5.65. The summed E-state index contributed by atoms with van der Waals surface area (Å²) >= 11 is 1.42. The minimum Gasteiger partial charge on any atom is -0.464 e. The number of aromatic nitrogens is 1. The Morgan fingerprint density at radius 1 is 1.76 bits per heavy atom. The van der Waals surface area contributed by atoms with E-state index in [1.807, 2.05) is 0 Å². The van der Waals surface area contributed by atoms with Gasteiger partial charge in [-0.1, -0.05) is 0 Å². The summed E-state index contributed by atoms with van der Waals surface area (Å²) in [5.41, 5.74) is 0.365. The van der Waals surface area contributed by atoms with Gasteiger partial charge in [-0.25, -0.2) is 9.78 Å². The van der Waals surface area contributed by atoms with Crippen molar-refractivity contribution in [1.82, 2.24) is 4.98 Å². The number of ether oxygens (including phenoxy) is 2. The molecule has 5 nitrogen and oxygen atoms in total. The maximum Gasteiger partial charge on any atom is 0.357 e. The molecule has 0 bridgehead atoms. The molecule has 0 aliphatic carbocycles. The fourth-order valence-corrected chi connectivity index (χ4v) is 2.46. The zero-order valence-electron chi connectivity index (χ0n) is 9.77. The summed E-state index contributed by atoms with van der Waals surface area (Å²) in [6.45, 7) is 2.61. The highest BCUT2D eigenvalue weighted by Crippen LogP contribution is 2.19. The average molecular weight is 256 g/mol. The molecule has 1 aliphatic heterocycles. The van der Waals surface area contributed by atoms with E-state index in [0.29, 0.717) is 11.6 Å². The Labute approximate surface area is 104 Å². The second-order valence-electron chi connectivity index (χ2n) is 3.97. The van der Waals surface area contributed by atoms with Crippen molar-refractivity contribution in [1.29, 1.82) is 0 Å². The van der Waals surface area contributed by atoms with Crippen LogP contribution in [0.15, 0.2) is 5.38 Å². The molecule has 0 saturated carbocycles. The lowest BCUT2D eigenvalue weighted by molar-refractivity contribution is 0.0595. The van der Waals surface area contributed by atoms with Crippen molar-refractivity contribution in [3.63, 3.8) is 0 Å². The Bertz CT molecular complexity index is 375. The molecule has 17 heavy (non-hydrogen) atoms. The standard InChI is InChI=1S/C11H16N2O3S/c1-15-10(14)9-7-17-11(13-9)12-4-2-8-3-5-16-6-8/h7-8H,2-6H2,1H3,(H,12,13). The Morgan fingerprint density at radius 3 is 3.35 bits per heavy atom. The second kappa shape index (κ2) is 5.97. The Balaban J connectivity index is 1.74. The number of thiazole rings is 1. The number of anilines is 1. The molecular formula is C11H16N2O3S. The van der Waals surface area contributed by atoms with Crippen LogP contribution in [-0.2, 0) is 9.47 Å². The number of carbonyl (C=O) groups is 1. The lowest BCUT2D eigenvalue weighted by atomic mass is 10.1. The first-order valence-corrected chi connectivity index (χ1v) is 6.53. The van der Waals surface area contributed by atoms with E-state index >= 15 is 0 Å². The zero-order valence-corrected chi connectivity index (χ0v) is 10.6. The topological polar surface area (TPSA) is 60.5 Å². The SMILES string of the molecule is COC(=O)c1csc(NCCC2CCOC2)n1. The molecule has 2 heterocycles. The van der Waals surface area contributed by atoms with Crippen molar-refractivity contribution in [2.75, 3.05) is 32.2 Å². The van der Waals surface area contributed by atoms with Crippen LogP contribution in [0.1, 0.15) is 23.3 Å². The first-order chi connectivity index (χ1) is 8.29. The van der Waals surface area contributed by atoms with E-state index in [-0.39, 0.29) is 0 Å². The van der Waals surface area contributed by atoms with Gasteiger partial charge in [0.2, 0.25) is 0 Å². The van der Waals surface area contributed by atoms with Crippen LogP contribution in [0, 0.1) is 5.92 Å². The number of hydrogen-bond acceptors (Lipinski definition) is 6. The number of rotatable bonds is 5. The van der Waals surface area contributed by atoms with E-state index in [9.17, 15) is 4.79 Å². The Morgan fingerprint density at radius 2 is 2.65 bits per heavy atom. The third-order valence-corrected chi connectivity index (χ3v) is 3.55. The van der Waals surface area contributed by atoms with Crippen molar-refractivity contribution in [3.8, 4) is 0 Å². The number of esters is 1. The van der Waals surface area contributed by atoms with E-state index in [1.165, 1.54) is 18.4 Å². The molecular weight excluding hydrogens is 240 g/mol. The van der Waals surface area contributed by atoms with Crippen molar-refractivity contribution in [3.05, 3.63) is 11.1 Å². The van der Waals surface area contributed by atoms with Gasteiger partial charge in [-0.05, 0) is 18.8 Å². The number of hydrogen-bond donors (Lipinski definition) is 1. The predicted octanol–water partition coefficient (Wildman–Crippen LogP) is 1.77. The van der Waals surface area contributed by atoms with Crippen LogP contribution >= 0.6 is 11.3 Å². The smallest absolute Gasteiger partial charge is 0.357 e. The van der Waals surface area contributed by atoms with E-state index in [4.69, 9.17) is 4.74 Å². The summed E-state index contributed by atoms with van der Waals surface area (Å²) < 4.78 is 9.90. The summed E-state index contributed by atoms with van der Waals surface area (Å²) in [6.07, 6.45) is 2.22. The molecule has 1 aromatic heterocycles. The Hall–Kier alpha value is -1.14. The predicted molar refractivity (Wildman–Crippen MR) is 65.5 cm³/mol. The number of nitrogens with one attached hydrogen (secondary N) is 1. The van der Waals surface area contributed by atoms with Gasteiger partial charge < -0.3 is 14.8 Å². The highest BCUT2D eigenvalue weighted by Gasteiger charge is 2.15. The van der Waals surface area contributed by atoms with Crippen LogP contribution < -0.4 is 5.32 Å². The average Bonchev–Trinajstić information content (AvgIpc) is 2.99. The van der Waals surface area contributed by atoms with Gasteiger partial charge in [0.15, 0.2) is 10.8 Å². The lowest BCUT2D eigenvalue weighted by Gasteiger charge is -2.07. The zero-order chi connectivity index (χ0) is 12.1. The highest BCUT2D eigenvalue weighted by molar-refractivity contribution is 7.13. The van der Waals surface area contributed by atoms with Crippen molar-refractivity contribution in [2.45, 2.75) is 12.8 Å². The third kappa shape index (κ3) is 3.41. The minimum atomic E-state index is -0.390. The van der Waals surface area contributed by atoms with Crippen molar-refractivity contribution < 1.29 is 14.3 Å². The van der Waals surface area contributed by atoms with Gasteiger partial charge in [-0.15, -0.1) is 11.3 Å². The van der Waals surface area contributed by atoms with Gasteiger partial charge in [0.1, 0.15) is 0 Å². The highest BCUT2D eigenvalue weighted by atomic mass is 32.1. The first kappa shape index (κ1) is 12.3. The van der Waals surface area contributed by atoms with E-state index < -0.39 is 5.97 Å². The lowest BCUT2D eigenvalue weighted by Crippen LogP contribution is -2.09. The van der Waals surface area contributed by atoms with Gasteiger partial charge in [0.05, 0.1) is 7.11 Å². The van der Waals surface area contributed by atoms with Gasteiger partial charge >= 0.3 is 5.97 Å². The van der Waals surface area contributed by atoms with Crippen LogP contribution in [-0.4, -0.2) is 37.8 Å². The second-order valence-corrected chi connectivity index (χ2v) is 4.83. The maximum atomic E-state index is 11.2. The molecule has 1 saturated heterocycles. The molecule has 1 aliphatic rings. The molecule has 94 valence electrons. The number of carbonyl (C=O) groups excluding carboxylic acids is 1. The molecule has 1 fully saturated rings. The van der Waals surface area contributed by atoms with Crippen molar-refractivity contribution >= 4 is 22.4 Å². The monoisotopic (exact) mass is 256 g/mol. The van der Waals surface area contributed by atoms with Crippen LogP contribution in [0.3, 0.4) is 0 Å². The summed E-state index contributed by atoms with van der Waals surface area (Å²) in [4.78, 5) is 15.3. The molecule has 2 rings (SSSR count). The van der Waals surface area contributed by atoms with Gasteiger partial charge in [-0.2, -0.15) is 0 Å². The van der Waals surface area contributed by atoms with E-state index in [1.54, 1.807) is 5.38 Å². The molecule has 1 N–H and O–H groups in total. The summed E-state index contributed by atoms with van der Waals surface area (Å²) in [5.74, 6) is 0.265. The number of methoxy groups -OCH3 is 1. The van der Waals surface area contributed by atoms with Crippen LogP contribution in [0.2, 0.25) is 0 Å². The molecule has 0 spiro atoms. The molecule has 1 aromatic rings. The summed E-state index contributed by atoms with van der Waals surface area (Å²) in [7, 11) is 1.36. The number of nitrogens with zero attached hydrogens (tertiary/aromatic N) is 1. The van der Waals surface area contributed by atoms with Crippen LogP contribution in [0.25, 0.3) is 0 Å². The normalized spacial score (nSPS) is 19.2. The van der Waals surface area contributed by atoms with Gasteiger partial charge in [0, 0.05) is 25.1 Å². The molecule has 0 amide bonds. The third-order valence-electron chi connectivity index (χ3n) is 2.75. The van der Waals surface area contributed by atoms with E-state index in [0.717, 1.165) is 37.7 Å². The van der Waals surface area contributed by atoms with Crippen LogP contribution in [0.4, 0.5) is 5.13 Å². The van der Waals surface area contributed by atoms with E-state index in [2.05, 4.69) is 15.0 Å². The minimum absolute atomic E-state index is 0.365. The molecule has 1 unspecified atom stereocenters. The maximum absolute atomic E-state index is 11.2. The largest absolute Gasteiger partial charge is 0.464 e. The fourth-order valence-electron chi connectivity index (χ4n) is 1.75. The van der Waals surface area contributed by atoms with Gasteiger partial charge in [0.25, 0.3) is 0 Å². The Kier molecular flexibility index (Phi) is 4.33. The molecule has 0 aromatic carbocycles. The quantitative estimate of drug-likeness (QED) is 0.814. The molecule has 1 atom stereocenters. The fraction of sp³-hybridized carbons (Fsp3) is 0.636. The molecule has 6 heteroatoms. The molecule has 0 radical (unpaired) electrons. The summed E-state index contributed by atoms with van der Waals surface area (Å²) in [6, 6.07) is 0.